The number of oxazole rings is 1. The number of aliphatic hydroxyl groups is 1. The topological polar surface area (TPSA) is 82.7 Å². The molecule has 0 radical (unpaired) electrons. The van der Waals surface area contributed by atoms with Crippen molar-refractivity contribution in [3.8, 4) is 11.5 Å². The number of hydrogen-bond donors (Lipinski definition) is 3. The van der Waals surface area contributed by atoms with Gasteiger partial charge in [-0.3, -0.25) is 0 Å². The van der Waals surface area contributed by atoms with Crippen LogP contribution in [0.15, 0.2) is 46.0 Å². The number of aliphatic imine (C=N–C) groups is 1. The summed E-state index contributed by atoms with van der Waals surface area (Å²) < 4.78 is 5.60. The minimum absolute atomic E-state index is 0.178. The molecule has 1 aromatic carbocycles. The van der Waals surface area contributed by atoms with E-state index in [0.29, 0.717) is 12.4 Å². The molecule has 0 aliphatic heterocycles. The molecule has 0 unspecified atom stereocenters. The van der Waals surface area contributed by atoms with Gasteiger partial charge in [0.05, 0.1) is 6.54 Å². The number of benzene rings is 1. The summed E-state index contributed by atoms with van der Waals surface area (Å²) in [4.78, 5) is 9.22. The second-order valence-electron chi connectivity index (χ2n) is 7.59. The van der Waals surface area contributed by atoms with Crippen LogP contribution in [0, 0.1) is 5.41 Å². The smallest absolute Gasteiger partial charge is 0.226 e. The summed E-state index contributed by atoms with van der Waals surface area (Å²) in [5, 5.41) is 16.3. The average Bonchev–Trinajstić information content (AvgIpc) is 3.21. The number of hydrogen-bond acceptors (Lipinski definition) is 4. The van der Waals surface area contributed by atoms with Crippen molar-refractivity contribution in [3.05, 3.63) is 42.3 Å². The molecule has 0 spiro atoms. The van der Waals surface area contributed by atoms with E-state index >= 15 is 0 Å². The fraction of sp³-hybridized carbons (Fsp3) is 0.545. The molecule has 3 N–H and O–H groups in total. The Kier molecular flexibility index (Phi) is 7.48. The van der Waals surface area contributed by atoms with E-state index in [2.05, 4.69) is 27.5 Å². The van der Waals surface area contributed by atoms with Gasteiger partial charge in [0.15, 0.2) is 5.96 Å². The highest BCUT2D eigenvalue weighted by Crippen LogP contribution is 2.38. The Hall–Kier alpha value is -2.34. The first-order valence-corrected chi connectivity index (χ1v) is 10.4. The lowest BCUT2D eigenvalue weighted by Crippen LogP contribution is -2.44. The van der Waals surface area contributed by atoms with Gasteiger partial charge in [-0.25, -0.2) is 9.98 Å². The molecule has 0 saturated heterocycles. The minimum atomic E-state index is 0.178. The van der Waals surface area contributed by atoms with Crippen LogP contribution in [-0.4, -0.2) is 35.7 Å². The van der Waals surface area contributed by atoms with E-state index in [1.165, 1.54) is 32.1 Å². The lowest BCUT2D eigenvalue weighted by molar-refractivity contribution is 0.131. The van der Waals surface area contributed by atoms with Gasteiger partial charge in [-0.2, -0.15) is 0 Å². The van der Waals surface area contributed by atoms with Crippen molar-refractivity contribution in [1.82, 2.24) is 15.6 Å². The highest BCUT2D eigenvalue weighted by molar-refractivity contribution is 5.79. The molecular formula is C22H32N4O2. The van der Waals surface area contributed by atoms with Crippen LogP contribution in [0.3, 0.4) is 0 Å². The first-order valence-electron chi connectivity index (χ1n) is 10.4. The molecule has 1 aliphatic rings. The third-order valence-electron chi connectivity index (χ3n) is 5.50. The van der Waals surface area contributed by atoms with E-state index in [4.69, 9.17) is 4.42 Å². The normalized spacial score (nSPS) is 16.7. The van der Waals surface area contributed by atoms with Crippen LogP contribution in [0.25, 0.3) is 11.5 Å². The summed E-state index contributed by atoms with van der Waals surface area (Å²) >= 11 is 0. The Bertz CT molecular complexity index is 730. The minimum Gasteiger partial charge on any atom is -0.444 e. The lowest BCUT2D eigenvalue weighted by Gasteiger charge is -2.37. The summed E-state index contributed by atoms with van der Waals surface area (Å²) in [6.07, 6.45) is 8.66. The molecule has 6 nitrogen and oxygen atoms in total. The first-order chi connectivity index (χ1) is 13.7. The molecule has 1 aliphatic carbocycles. The Balaban J connectivity index is 1.61. The summed E-state index contributed by atoms with van der Waals surface area (Å²) in [6, 6.07) is 9.88. The van der Waals surface area contributed by atoms with E-state index in [1.807, 2.05) is 30.3 Å². The molecule has 1 heterocycles. The zero-order chi connectivity index (χ0) is 19.7. The fourth-order valence-electron chi connectivity index (χ4n) is 3.92. The van der Waals surface area contributed by atoms with Gasteiger partial charge in [-0.1, -0.05) is 37.5 Å². The van der Waals surface area contributed by atoms with E-state index in [1.54, 1.807) is 6.26 Å². The highest BCUT2D eigenvalue weighted by Gasteiger charge is 2.31. The van der Waals surface area contributed by atoms with Crippen molar-refractivity contribution in [1.29, 1.82) is 0 Å². The molecule has 3 rings (SSSR count). The number of nitrogens with one attached hydrogen (secondary N) is 2. The monoisotopic (exact) mass is 384 g/mol. The molecule has 0 atom stereocenters. The van der Waals surface area contributed by atoms with E-state index in [-0.39, 0.29) is 12.0 Å². The molecule has 28 heavy (non-hydrogen) atoms. The Morgan fingerprint density at radius 2 is 1.96 bits per heavy atom. The van der Waals surface area contributed by atoms with E-state index < -0.39 is 0 Å². The number of guanidine groups is 1. The van der Waals surface area contributed by atoms with Crippen molar-refractivity contribution in [2.24, 2.45) is 10.4 Å². The first kappa shape index (κ1) is 20.4. The van der Waals surface area contributed by atoms with Crippen LogP contribution in [0.2, 0.25) is 0 Å². The third-order valence-corrected chi connectivity index (χ3v) is 5.50. The van der Waals surface area contributed by atoms with Crippen molar-refractivity contribution in [2.75, 3.05) is 19.7 Å². The maximum atomic E-state index is 9.51. The number of aliphatic hydroxyl groups excluding tert-OH is 1. The molecule has 1 saturated carbocycles. The zero-order valence-electron chi connectivity index (χ0n) is 16.8. The summed E-state index contributed by atoms with van der Waals surface area (Å²) in [6.45, 7) is 4.40. The molecule has 152 valence electrons. The van der Waals surface area contributed by atoms with Crippen LogP contribution in [0.4, 0.5) is 0 Å². The summed E-state index contributed by atoms with van der Waals surface area (Å²) in [7, 11) is 0. The quantitative estimate of drug-likeness (QED) is 0.477. The van der Waals surface area contributed by atoms with Crippen LogP contribution >= 0.6 is 0 Å². The maximum absolute atomic E-state index is 9.51. The third kappa shape index (κ3) is 5.58. The second-order valence-corrected chi connectivity index (χ2v) is 7.59. The van der Waals surface area contributed by atoms with Crippen molar-refractivity contribution in [2.45, 2.75) is 52.0 Å². The van der Waals surface area contributed by atoms with Gasteiger partial charge in [-0.05, 0) is 43.7 Å². The molecular weight excluding hydrogens is 352 g/mol. The molecule has 2 aromatic rings. The maximum Gasteiger partial charge on any atom is 0.226 e. The van der Waals surface area contributed by atoms with E-state index in [9.17, 15) is 5.11 Å². The van der Waals surface area contributed by atoms with Crippen LogP contribution in [0.5, 0.6) is 0 Å². The van der Waals surface area contributed by atoms with Gasteiger partial charge >= 0.3 is 0 Å². The molecule has 0 bridgehead atoms. The summed E-state index contributed by atoms with van der Waals surface area (Å²) in [5.41, 5.74) is 1.95. The van der Waals surface area contributed by atoms with Crippen molar-refractivity contribution < 1.29 is 9.52 Å². The van der Waals surface area contributed by atoms with Gasteiger partial charge in [0.2, 0.25) is 5.89 Å². The second kappa shape index (κ2) is 10.3. The molecule has 1 aromatic heterocycles. The van der Waals surface area contributed by atoms with Crippen LogP contribution in [0.1, 0.15) is 51.1 Å². The van der Waals surface area contributed by atoms with Gasteiger partial charge in [0, 0.05) is 25.3 Å². The lowest BCUT2D eigenvalue weighted by atomic mass is 9.72. The largest absolute Gasteiger partial charge is 0.444 e. The van der Waals surface area contributed by atoms with E-state index in [0.717, 1.165) is 36.7 Å². The predicted octanol–water partition coefficient (Wildman–Crippen LogP) is 3.73. The van der Waals surface area contributed by atoms with Gasteiger partial charge < -0.3 is 20.2 Å². The Labute approximate surface area is 167 Å². The average molecular weight is 385 g/mol. The van der Waals surface area contributed by atoms with Crippen molar-refractivity contribution in [3.63, 3.8) is 0 Å². The molecule has 6 heteroatoms. The zero-order valence-corrected chi connectivity index (χ0v) is 16.8. The number of rotatable bonds is 8. The number of nitrogens with zero attached hydrogens (tertiary/aromatic N) is 2. The Morgan fingerprint density at radius 3 is 2.68 bits per heavy atom. The Morgan fingerprint density at radius 1 is 1.18 bits per heavy atom. The van der Waals surface area contributed by atoms with Gasteiger partial charge in [0.25, 0.3) is 0 Å². The predicted molar refractivity (Wildman–Crippen MR) is 112 cm³/mol. The summed E-state index contributed by atoms with van der Waals surface area (Å²) in [5.74, 6) is 1.41. The fourth-order valence-corrected chi connectivity index (χ4v) is 3.92. The standard InChI is InChI=1S/C22H32N4O2/c1-2-23-21(25-17-22(13-14-27)11-7-4-8-12-22)24-15-19-16-28-20(26-19)18-9-5-3-6-10-18/h3,5-6,9-10,16,27H,2,4,7-8,11-15,17H2,1H3,(H2,23,24,25). The number of aromatic nitrogens is 1. The van der Waals surface area contributed by atoms with Crippen LogP contribution < -0.4 is 10.6 Å². The van der Waals surface area contributed by atoms with Crippen LogP contribution in [-0.2, 0) is 6.54 Å². The SMILES string of the molecule is CCNC(=NCc1coc(-c2ccccc2)n1)NCC1(CCO)CCCCC1. The van der Waals surface area contributed by atoms with Gasteiger partial charge in [0.1, 0.15) is 12.0 Å². The molecule has 0 amide bonds. The van der Waals surface area contributed by atoms with Crippen molar-refractivity contribution >= 4 is 5.96 Å². The van der Waals surface area contributed by atoms with Gasteiger partial charge in [-0.15, -0.1) is 0 Å². The molecule has 1 fully saturated rings. The highest BCUT2D eigenvalue weighted by atomic mass is 16.3.